The van der Waals surface area contributed by atoms with Gasteiger partial charge in [0.2, 0.25) is 0 Å². The minimum absolute atomic E-state index is 0.709. The molecule has 6 rings (SSSR count). The molecule has 0 atom stereocenters. The van der Waals surface area contributed by atoms with Crippen LogP contribution in [0.1, 0.15) is 38.5 Å². The molecule has 0 spiro atoms. The Balaban J connectivity index is 0.824. The second-order valence-corrected chi connectivity index (χ2v) is 13.5. The molecule has 2 aromatic heterocycles. The largest absolute Gasteiger partial charge is 0.494 e. The highest BCUT2D eigenvalue weighted by Crippen LogP contribution is 2.33. The van der Waals surface area contributed by atoms with E-state index >= 15 is 0 Å². The summed E-state index contributed by atoms with van der Waals surface area (Å²) >= 11 is 15.1. The van der Waals surface area contributed by atoms with Crippen molar-refractivity contribution in [1.29, 1.82) is 0 Å². The molecule has 0 aliphatic rings. The smallest absolute Gasteiger partial charge is 0.148 e. The number of unbranched alkanes of at least 4 members (excludes halogenated alkanes) is 5. The molecule has 0 unspecified atom stereocenters. The van der Waals surface area contributed by atoms with Crippen molar-refractivity contribution in [2.24, 2.45) is 0 Å². The third kappa shape index (κ3) is 8.91. The van der Waals surface area contributed by atoms with E-state index in [9.17, 15) is 0 Å². The predicted molar refractivity (Wildman–Crippen MR) is 190 cm³/mol. The first-order valence-electron chi connectivity index (χ1n) is 15.3. The lowest BCUT2D eigenvalue weighted by Gasteiger charge is -2.08. The normalized spacial score (nSPS) is 11.1. The summed E-state index contributed by atoms with van der Waals surface area (Å²) in [5, 5.41) is 22.3. The van der Waals surface area contributed by atoms with Crippen LogP contribution in [0.5, 0.6) is 11.5 Å². The molecular weight excluding hydrogens is 655 g/mol. The van der Waals surface area contributed by atoms with Gasteiger partial charge in [-0.25, -0.2) is 0 Å². The highest BCUT2D eigenvalue weighted by Gasteiger charge is 2.10. The fourth-order valence-corrected chi connectivity index (χ4v) is 6.74. The molecule has 0 saturated heterocycles. The lowest BCUT2D eigenvalue weighted by molar-refractivity contribution is 0.297. The number of aromatic nitrogens is 4. The minimum atomic E-state index is 0.709. The van der Waals surface area contributed by atoms with E-state index in [1.165, 1.54) is 12.8 Å². The average molecular weight is 688 g/mol. The maximum atomic E-state index is 5.99. The van der Waals surface area contributed by atoms with Gasteiger partial charge in [0.15, 0.2) is 0 Å². The zero-order chi connectivity index (χ0) is 31.6. The summed E-state index contributed by atoms with van der Waals surface area (Å²) in [5.74, 6) is 1.75. The zero-order valence-corrected chi connectivity index (χ0v) is 28.2. The second kappa shape index (κ2) is 16.1. The summed E-state index contributed by atoms with van der Waals surface area (Å²) in [6, 6.07) is 31.5. The number of rotatable bonds is 15. The maximum Gasteiger partial charge on any atom is 0.148 e. The van der Waals surface area contributed by atoms with Crippen molar-refractivity contribution in [3.63, 3.8) is 0 Å². The number of ether oxygens (including phenoxy) is 2. The van der Waals surface area contributed by atoms with Gasteiger partial charge < -0.3 is 9.47 Å². The van der Waals surface area contributed by atoms with E-state index in [1.54, 1.807) is 22.7 Å². The quantitative estimate of drug-likeness (QED) is 0.100. The van der Waals surface area contributed by atoms with Crippen molar-refractivity contribution in [2.75, 3.05) is 13.2 Å². The van der Waals surface area contributed by atoms with E-state index in [-0.39, 0.29) is 0 Å². The maximum absolute atomic E-state index is 5.99. The predicted octanol–water partition coefficient (Wildman–Crippen LogP) is 11.2. The van der Waals surface area contributed by atoms with E-state index in [2.05, 4.69) is 20.4 Å². The Bertz CT molecular complexity index is 1670. The first-order chi connectivity index (χ1) is 22.6. The lowest BCUT2D eigenvalue weighted by Crippen LogP contribution is -1.98. The summed E-state index contributed by atoms with van der Waals surface area (Å²) in [6.07, 6.45) is 6.80. The van der Waals surface area contributed by atoms with Crippen LogP contribution in [0, 0.1) is 0 Å². The highest BCUT2D eigenvalue weighted by atomic mass is 35.5. The van der Waals surface area contributed by atoms with Crippen LogP contribution >= 0.6 is 45.9 Å². The molecule has 2 heterocycles. The van der Waals surface area contributed by atoms with Crippen LogP contribution in [0.15, 0.2) is 97.1 Å². The molecule has 6 aromatic rings. The number of benzene rings is 4. The second-order valence-electron chi connectivity index (χ2n) is 10.7. The zero-order valence-electron chi connectivity index (χ0n) is 25.1. The first kappa shape index (κ1) is 32.1. The van der Waals surface area contributed by atoms with Crippen LogP contribution in [0.4, 0.5) is 0 Å². The van der Waals surface area contributed by atoms with Crippen molar-refractivity contribution >= 4 is 45.9 Å². The van der Waals surface area contributed by atoms with Crippen LogP contribution in [-0.4, -0.2) is 33.6 Å². The fraction of sp³-hybridized carbons (Fsp3) is 0.222. The standard InChI is InChI=1S/C36H32Cl2N4O2S2/c37-29-15-7-25(8-16-29)33-39-41-35(45-33)27-11-19-31(20-12-27)43-23-5-3-1-2-4-6-24-44-32-21-13-28(14-22-32)36-42-40-34(46-36)26-9-17-30(38)18-10-26/h7-22H,1-6,23-24H2. The summed E-state index contributed by atoms with van der Waals surface area (Å²) in [7, 11) is 0. The first-order valence-corrected chi connectivity index (χ1v) is 17.6. The SMILES string of the molecule is Clc1ccc(-c2nnc(-c3ccc(OCCCCCCCCOc4ccc(-c5nnc(-c6ccc(Cl)cc6)s5)cc4)cc3)s2)cc1. The van der Waals surface area contributed by atoms with E-state index in [0.29, 0.717) is 10.0 Å². The summed E-state index contributed by atoms with van der Waals surface area (Å²) in [5.41, 5.74) is 4.09. The summed E-state index contributed by atoms with van der Waals surface area (Å²) < 4.78 is 11.9. The van der Waals surface area contributed by atoms with Gasteiger partial charge in [-0.1, -0.05) is 95.8 Å². The lowest BCUT2D eigenvalue weighted by atomic mass is 10.1. The van der Waals surface area contributed by atoms with Gasteiger partial charge in [0.25, 0.3) is 0 Å². The Kier molecular flexibility index (Phi) is 11.3. The van der Waals surface area contributed by atoms with Gasteiger partial charge >= 0.3 is 0 Å². The third-order valence-corrected chi connectivity index (χ3v) is 9.86. The topological polar surface area (TPSA) is 70.0 Å². The molecule has 0 aliphatic heterocycles. The van der Waals surface area contributed by atoms with Crippen molar-refractivity contribution in [1.82, 2.24) is 20.4 Å². The monoisotopic (exact) mass is 686 g/mol. The van der Waals surface area contributed by atoms with Gasteiger partial charge in [0.05, 0.1) is 13.2 Å². The molecule has 10 heteroatoms. The van der Waals surface area contributed by atoms with Crippen LogP contribution in [0.2, 0.25) is 10.0 Å². The van der Waals surface area contributed by atoms with E-state index in [4.69, 9.17) is 32.7 Å². The van der Waals surface area contributed by atoms with Crippen molar-refractivity contribution in [2.45, 2.75) is 38.5 Å². The number of hydrogen-bond acceptors (Lipinski definition) is 8. The molecule has 0 radical (unpaired) electrons. The van der Waals surface area contributed by atoms with Gasteiger partial charge in [-0.2, -0.15) is 0 Å². The van der Waals surface area contributed by atoms with Crippen LogP contribution in [-0.2, 0) is 0 Å². The van der Waals surface area contributed by atoms with Crippen molar-refractivity contribution in [3.8, 4) is 53.8 Å². The Morgan fingerprint density at radius 3 is 1.00 bits per heavy atom. The molecule has 0 N–H and O–H groups in total. The Morgan fingerprint density at radius 1 is 0.391 bits per heavy atom. The average Bonchev–Trinajstić information content (AvgIpc) is 3.78. The van der Waals surface area contributed by atoms with E-state index in [0.717, 1.165) is 92.7 Å². The molecule has 0 saturated carbocycles. The molecule has 46 heavy (non-hydrogen) atoms. The Morgan fingerprint density at radius 2 is 0.674 bits per heavy atom. The summed E-state index contributed by atoms with van der Waals surface area (Å²) in [6.45, 7) is 1.44. The number of halogens is 2. The van der Waals surface area contributed by atoms with Crippen molar-refractivity contribution in [3.05, 3.63) is 107 Å². The Labute approximate surface area is 287 Å². The van der Waals surface area contributed by atoms with E-state index in [1.807, 2.05) is 97.1 Å². The molecule has 0 amide bonds. The molecule has 4 aromatic carbocycles. The van der Waals surface area contributed by atoms with Gasteiger partial charge in [-0.15, -0.1) is 20.4 Å². The highest BCUT2D eigenvalue weighted by molar-refractivity contribution is 7.18. The van der Waals surface area contributed by atoms with Crippen LogP contribution in [0.25, 0.3) is 42.3 Å². The van der Waals surface area contributed by atoms with Gasteiger partial charge in [0.1, 0.15) is 31.5 Å². The fourth-order valence-electron chi connectivity index (χ4n) is 4.78. The Hall–Kier alpha value is -3.82. The number of nitrogens with zero attached hydrogens (tertiary/aromatic N) is 4. The third-order valence-electron chi connectivity index (χ3n) is 7.31. The molecule has 0 fully saturated rings. The van der Waals surface area contributed by atoms with Crippen LogP contribution in [0.3, 0.4) is 0 Å². The minimum Gasteiger partial charge on any atom is -0.494 e. The van der Waals surface area contributed by atoms with Gasteiger partial charge in [-0.3, -0.25) is 0 Å². The molecule has 234 valence electrons. The molecule has 6 nitrogen and oxygen atoms in total. The van der Waals surface area contributed by atoms with Gasteiger partial charge in [-0.05, 0) is 85.6 Å². The number of hydrogen-bond donors (Lipinski definition) is 0. The van der Waals surface area contributed by atoms with E-state index < -0.39 is 0 Å². The van der Waals surface area contributed by atoms with Crippen molar-refractivity contribution < 1.29 is 9.47 Å². The molecular formula is C36H32Cl2N4O2S2. The van der Waals surface area contributed by atoms with Gasteiger partial charge in [0, 0.05) is 32.3 Å². The summed E-state index contributed by atoms with van der Waals surface area (Å²) in [4.78, 5) is 0. The molecule has 0 aliphatic carbocycles. The molecule has 0 bridgehead atoms. The van der Waals surface area contributed by atoms with Crippen LogP contribution < -0.4 is 9.47 Å².